The number of fused-ring (bicyclic) bond motifs is 5. The molecular formula is C28H32ClN3O3. The van der Waals surface area contributed by atoms with Gasteiger partial charge in [0, 0.05) is 52.6 Å². The zero-order valence-corrected chi connectivity index (χ0v) is 20.9. The molecule has 5 atom stereocenters. The van der Waals surface area contributed by atoms with Crippen molar-refractivity contribution in [1.82, 2.24) is 9.88 Å². The maximum Gasteiger partial charge on any atom is 0.239 e. The number of hydrogen-bond donors (Lipinski definition) is 2. The SMILES string of the molecule is CC1(C)Oc2ccc(Cl)cc2[C@@H]2O[C@@H]3CCN(C(=O)[C@@H](N)Cc4c[nH]c5ccccc45)C[C@@H]3C[C@H]21. The Morgan fingerprint density at radius 1 is 1.29 bits per heavy atom. The lowest BCUT2D eigenvalue weighted by Gasteiger charge is -2.53. The summed E-state index contributed by atoms with van der Waals surface area (Å²) in [6.45, 7) is 5.61. The number of carbonyl (C=O) groups is 1. The van der Waals surface area contributed by atoms with Gasteiger partial charge in [0.2, 0.25) is 5.91 Å². The van der Waals surface area contributed by atoms with Crippen LogP contribution >= 0.6 is 11.6 Å². The summed E-state index contributed by atoms with van der Waals surface area (Å²) in [6, 6.07) is 13.3. The van der Waals surface area contributed by atoms with E-state index in [1.165, 1.54) is 0 Å². The summed E-state index contributed by atoms with van der Waals surface area (Å²) in [4.78, 5) is 18.6. The van der Waals surface area contributed by atoms with E-state index >= 15 is 0 Å². The van der Waals surface area contributed by atoms with Crippen LogP contribution in [-0.4, -0.2) is 46.6 Å². The van der Waals surface area contributed by atoms with E-state index in [0.29, 0.717) is 24.5 Å². The molecule has 0 bridgehead atoms. The Morgan fingerprint density at radius 2 is 2.11 bits per heavy atom. The van der Waals surface area contributed by atoms with Gasteiger partial charge in [-0.1, -0.05) is 29.8 Å². The summed E-state index contributed by atoms with van der Waals surface area (Å²) in [7, 11) is 0. The molecule has 3 aliphatic rings. The van der Waals surface area contributed by atoms with E-state index in [-0.39, 0.29) is 35.6 Å². The number of para-hydroxylation sites is 1. The fraction of sp³-hybridized carbons (Fsp3) is 0.464. The fourth-order valence-electron chi connectivity index (χ4n) is 6.34. The van der Waals surface area contributed by atoms with Crippen LogP contribution in [-0.2, 0) is 16.0 Å². The topological polar surface area (TPSA) is 80.6 Å². The lowest BCUT2D eigenvalue weighted by Crippen LogP contribution is -2.57. The number of benzene rings is 2. The van der Waals surface area contributed by atoms with Gasteiger partial charge in [0.05, 0.1) is 18.2 Å². The highest BCUT2D eigenvalue weighted by molar-refractivity contribution is 6.30. The Hall–Kier alpha value is -2.54. The number of halogens is 1. The molecule has 0 spiro atoms. The number of aromatic nitrogens is 1. The van der Waals surface area contributed by atoms with Crippen molar-refractivity contribution < 1.29 is 14.3 Å². The number of nitrogens with two attached hydrogens (primary N) is 1. The Morgan fingerprint density at radius 3 is 2.97 bits per heavy atom. The van der Waals surface area contributed by atoms with Crippen molar-refractivity contribution >= 4 is 28.4 Å². The summed E-state index contributed by atoms with van der Waals surface area (Å²) >= 11 is 6.31. The highest BCUT2D eigenvalue weighted by atomic mass is 35.5. The number of piperidine rings is 1. The molecule has 0 unspecified atom stereocenters. The quantitative estimate of drug-likeness (QED) is 0.546. The first-order valence-electron chi connectivity index (χ1n) is 12.5. The molecule has 0 saturated carbocycles. The van der Waals surface area contributed by atoms with Gasteiger partial charge in [0.25, 0.3) is 0 Å². The number of carbonyl (C=O) groups excluding carboxylic acids is 1. The smallest absolute Gasteiger partial charge is 0.239 e. The van der Waals surface area contributed by atoms with Crippen molar-refractivity contribution in [3.8, 4) is 5.75 Å². The van der Waals surface area contributed by atoms with E-state index < -0.39 is 6.04 Å². The van der Waals surface area contributed by atoms with Crippen molar-refractivity contribution in [1.29, 1.82) is 0 Å². The normalized spacial score (nSPS) is 27.9. The number of H-pyrrole nitrogens is 1. The second-order valence-electron chi connectivity index (χ2n) is 10.8. The minimum Gasteiger partial charge on any atom is -0.487 e. The van der Waals surface area contributed by atoms with E-state index in [2.05, 4.69) is 24.9 Å². The van der Waals surface area contributed by atoms with Crippen molar-refractivity contribution in [3.05, 3.63) is 64.8 Å². The van der Waals surface area contributed by atoms with Crippen LogP contribution in [0.2, 0.25) is 5.02 Å². The molecule has 2 fully saturated rings. The number of hydrogen-bond acceptors (Lipinski definition) is 4. The fourth-order valence-corrected chi connectivity index (χ4v) is 6.52. The monoisotopic (exact) mass is 493 g/mol. The predicted octanol–water partition coefficient (Wildman–Crippen LogP) is 4.86. The summed E-state index contributed by atoms with van der Waals surface area (Å²) in [5.74, 6) is 1.32. The van der Waals surface area contributed by atoms with Gasteiger partial charge in [0.1, 0.15) is 11.4 Å². The van der Waals surface area contributed by atoms with E-state index in [0.717, 1.165) is 40.6 Å². The maximum absolute atomic E-state index is 13.4. The molecule has 3 aromatic rings. The average molecular weight is 494 g/mol. The van der Waals surface area contributed by atoms with Gasteiger partial charge in [-0.3, -0.25) is 4.79 Å². The van der Waals surface area contributed by atoms with Crippen molar-refractivity contribution in [2.24, 2.45) is 17.6 Å². The molecule has 6 nitrogen and oxygen atoms in total. The molecule has 4 heterocycles. The number of ether oxygens (including phenoxy) is 2. The summed E-state index contributed by atoms with van der Waals surface area (Å²) in [5, 5.41) is 1.82. The first-order valence-corrected chi connectivity index (χ1v) is 12.9. The van der Waals surface area contributed by atoms with Gasteiger partial charge >= 0.3 is 0 Å². The number of aromatic amines is 1. The molecule has 1 aromatic heterocycles. The van der Waals surface area contributed by atoms with Crippen molar-refractivity contribution in [2.75, 3.05) is 13.1 Å². The molecule has 6 rings (SSSR count). The molecule has 35 heavy (non-hydrogen) atoms. The Bertz CT molecular complexity index is 1270. The third-order valence-corrected chi connectivity index (χ3v) is 8.43. The molecule has 7 heteroatoms. The number of likely N-dealkylation sites (tertiary alicyclic amines) is 1. The van der Waals surface area contributed by atoms with Crippen LogP contribution in [0.4, 0.5) is 0 Å². The summed E-state index contributed by atoms with van der Waals surface area (Å²) in [6.07, 6.45) is 4.32. The molecule has 2 saturated heterocycles. The minimum absolute atomic E-state index is 0.0205. The van der Waals surface area contributed by atoms with Crippen LogP contribution in [0.25, 0.3) is 10.9 Å². The van der Waals surface area contributed by atoms with Crippen LogP contribution in [0.3, 0.4) is 0 Å². The van der Waals surface area contributed by atoms with Gasteiger partial charge in [-0.25, -0.2) is 0 Å². The summed E-state index contributed by atoms with van der Waals surface area (Å²) in [5.41, 5.74) is 9.27. The largest absolute Gasteiger partial charge is 0.487 e. The molecule has 0 radical (unpaired) electrons. The Kier molecular flexibility index (Phi) is 5.59. The first kappa shape index (κ1) is 22.9. The highest BCUT2D eigenvalue weighted by Crippen LogP contribution is 2.53. The van der Waals surface area contributed by atoms with E-state index in [4.69, 9.17) is 26.8 Å². The maximum atomic E-state index is 13.4. The van der Waals surface area contributed by atoms with Crippen molar-refractivity contribution in [2.45, 2.75) is 57.0 Å². The predicted molar refractivity (Wildman–Crippen MR) is 137 cm³/mol. The van der Waals surface area contributed by atoms with Crippen molar-refractivity contribution in [3.63, 3.8) is 0 Å². The van der Waals surface area contributed by atoms with Crippen LogP contribution < -0.4 is 10.5 Å². The lowest BCUT2D eigenvalue weighted by molar-refractivity contribution is -0.189. The Labute approximate surface area is 210 Å². The second-order valence-corrected chi connectivity index (χ2v) is 11.3. The number of nitrogens with one attached hydrogen (secondary N) is 1. The van der Waals surface area contributed by atoms with Gasteiger partial charge < -0.3 is 25.1 Å². The second kappa shape index (κ2) is 8.54. The van der Waals surface area contributed by atoms with Gasteiger partial charge in [-0.2, -0.15) is 0 Å². The zero-order chi connectivity index (χ0) is 24.3. The van der Waals surface area contributed by atoms with E-state index in [9.17, 15) is 4.79 Å². The average Bonchev–Trinajstić information content (AvgIpc) is 3.25. The van der Waals surface area contributed by atoms with Gasteiger partial charge in [-0.15, -0.1) is 0 Å². The van der Waals surface area contributed by atoms with Crippen LogP contribution in [0.15, 0.2) is 48.7 Å². The molecule has 184 valence electrons. The Balaban J connectivity index is 1.17. The van der Waals surface area contributed by atoms with Crippen LogP contribution in [0, 0.1) is 11.8 Å². The van der Waals surface area contributed by atoms with E-state index in [1.54, 1.807) is 0 Å². The van der Waals surface area contributed by atoms with Crippen LogP contribution in [0.5, 0.6) is 5.75 Å². The standard InChI is InChI=1S/C28H32ClN3O3/c1-28(2)21-11-17-15-32(27(33)22(30)12-16-14-31-23-6-4-3-5-19(16)23)10-9-24(17)34-26(21)20-13-18(29)7-8-25(20)35-28/h3-8,13-14,17,21-22,24,26,31H,9-12,15,30H2,1-2H3/t17-,21+,22-,24+,26-/m0/s1. The highest BCUT2D eigenvalue weighted by Gasteiger charge is 2.51. The third-order valence-electron chi connectivity index (χ3n) is 8.20. The number of rotatable bonds is 3. The van der Waals surface area contributed by atoms with Gasteiger partial charge in [-0.05, 0) is 62.9 Å². The van der Waals surface area contributed by atoms with Crippen LogP contribution in [0.1, 0.15) is 43.9 Å². The van der Waals surface area contributed by atoms with E-state index in [1.807, 2.05) is 47.5 Å². The number of nitrogens with zero attached hydrogens (tertiary/aromatic N) is 1. The summed E-state index contributed by atoms with van der Waals surface area (Å²) < 4.78 is 13.1. The number of amides is 1. The lowest BCUT2D eigenvalue weighted by atomic mass is 9.70. The molecule has 2 aromatic carbocycles. The molecule has 3 aliphatic heterocycles. The minimum atomic E-state index is -0.563. The molecular weight excluding hydrogens is 462 g/mol. The zero-order valence-electron chi connectivity index (χ0n) is 20.2. The van der Waals surface area contributed by atoms with Gasteiger partial charge in [0.15, 0.2) is 0 Å². The first-order chi connectivity index (χ1) is 16.8. The third kappa shape index (κ3) is 4.02. The molecule has 0 aliphatic carbocycles. The molecule has 3 N–H and O–H groups in total. The molecule has 1 amide bonds.